The number of carbonyl (C=O) groups is 1. The number of hydrogen-bond donors (Lipinski definition) is 1. The van der Waals surface area contributed by atoms with Gasteiger partial charge in [-0.3, -0.25) is 10.1 Å². The van der Waals surface area contributed by atoms with Gasteiger partial charge in [0.2, 0.25) is 16.8 Å². The van der Waals surface area contributed by atoms with Crippen LogP contribution in [0.5, 0.6) is 5.75 Å². The van der Waals surface area contributed by atoms with Gasteiger partial charge in [-0.25, -0.2) is 4.52 Å². The maximum absolute atomic E-state index is 12.2. The number of rotatable bonds is 7. The summed E-state index contributed by atoms with van der Waals surface area (Å²) in [7, 11) is 0. The maximum atomic E-state index is 12.2. The van der Waals surface area contributed by atoms with Gasteiger partial charge in [0.15, 0.2) is 0 Å². The lowest BCUT2D eigenvalue weighted by Gasteiger charge is -2.06. The molecule has 0 fully saturated rings. The van der Waals surface area contributed by atoms with Crippen molar-refractivity contribution in [2.24, 2.45) is 0 Å². The van der Waals surface area contributed by atoms with Gasteiger partial charge in [-0.05, 0) is 25.5 Å². The van der Waals surface area contributed by atoms with Crippen molar-refractivity contribution in [3.05, 3.63) is 65.5 Å². The number of aromatic nitrogens is 3. The van der Waals surface area contributed by atoms with E-state index in [9.17, 15) is 4.79 Å². The molecule has 0 aliphatic rings. The van der Waals surface area contributed by atoms with Crippen molar-refractivity contribution in [2.45, 2.75) is 19.8 Å². The van der Waals surface area contributed by atoms with E-state index in [1.54, 1.807) is 4.52 Å². The number of benzene rings is 2. The fraction of sp³-hybridized carbons (Fsp3) is 0.190. The van der Waals surface area contributed by atoms with Crippen LogP contribution in [0.3, 0.4) is 0 Å². The Morgan fingerprint density at radius 1 is 1.14 bits per heavy atom. The molecule has 28 heavy (non-hydrogen) atoms. The summed E-state index contributed by atoms with van der Waals surface area (Å²) in [5.74, 6) is 1.02. The van der Waals surface area contributed by atoms with Crippen molar-refractivity contribution >= 4 is 28.2 Å². The smallest absolute Gasteiger partial charge is 0.250 e. The van der Waals surface area contributed by atoms with E-state index >= 15 is 0 Å². The number of aryl methyl sites for hydroxylation is 1. The van der Waals surface area contributed by atoms with E-state index in [1.807, 2.05) is 66.9 Å². The van der Waals surface area contributed by atoms with Gasteiger partial charge in [0.1, 0.15) is 5.75 Å². The zero-order valence-electron chi connectivity index (χ0n) is 15.5. The molecule has 0 radical (unpaired) electrons. The highest BCUT2D eigenvalue weighted by molar-refractivity contribution is 7.15. The highest BCUT2D eigenvalue weighted by Crippen LogP contribution is 2.25. The Morgan fingerprint density at radius 3 is 2.71 bits per heavy atom. The number of hydrogen-bond acceptors (Lipinski definition) is 5. The summed E-state index contributed by atoms with van der Waals surface area (Å²) >= 11 is 1.49. The van der Waals surface area contributed by atoms with Crippen LogP contribution < -0.4 is 10.1 Å². The van der Waals surface area contributed by atoms with Gasteiger partial charge in [0.25, 0.3) is 0 Å². The largest absolute Gasteiger partial charge is 0.494 e. The Bertz CT molecular complexity index is 1070. The Balaban J connectivity index is 1.31. The number of ether oxygens (including phenoxy) is 1. The normalized spacial score (nSPS) is 10.9. The predicted octanol–water partition coefficient (Wildman–Crippen LogP) is 4.56. The van der Waals surface area contributed by atoms with Gasteiger partial charge in [-0.2, -0.15) is 4.98 Å². The topological polar surface area (TPSA) is 68.5 Å². The summed E-state index contributed by atoms with van der Waals surface area (Å²) in [4.78, 5) is 17.3. The zero-order chi connectivity index (χ0) is 19.3. The number of thiazole rings is 1. The molecule has 4 rings (SSSR count). The van der Waals surface area contributed by atoms with Gasteiger partial charge < -0.3 is 4.74 Å². The van der Waals surface area contributed by atoms with E-state index in [0.717, 1.165) is 22.0 Å². The quantitative estimate of drug-likeness (QED) is 0.468. The second-order valence-electron chi connectivity index (χ2n) is 6.43. The minimum atomic E-state index is -0.118. The van der Waals surface area contributed by atoms with Gasteiger partial charge in [-0.1, -0.05) is 48.0 Å². The van der Waals surface area contributed by atoms with Crippen LogP contribution in [0.1, 0.15) is 18.4 Å². The highest BCUT2D eigenvalue weighted by Gasteiger charge is 2.13. The van der Waals surface area contributed by atoms with E-state index in [4.69, 9.17) is 4.74 Å². The lowest BCUT2D eigenvalue weighted by atomic mass is 10.2. The molecule has 0 bridgehead atoms. The minimum absolute atomic E-state index is 0.118. The molecular weight excluding hydrogens is 372 g/mol. The molecule has 1 N–H and O–H groups in total. The molecular formula is C21H20N4O2S. The monoisotopic (exact) mass is 392 g/mol. The molecule has 7 heteroatoms. The Labute approximate surface area is 166 Å². The summed E-state index contributed by atoms with van der Waals surface area (Å²) in [6, 6.07) is 17.9. The van der Waals surface area contributed by atoms with Crippen molar-refractivity contribution in [1.82, 2.24) is 14.6 Å². The van der Waals surface area contributed by atoms with Crippen molar-refractivity contribution in [1.29, 1.82) is 0 Å². The van der Waals surface area contributed by atoms with E-state index in [1.165, 1.54) is 16.9 Å². The van der Waals surface area contributed by atoms with Crippen molar-refractivity contribution in [3.8, 4) is 17.0 Å². The number of carbonyl (C=O) groups excluding carboxylic acids is 1. The average molecular weight is 392 g/mol. The molecule has 0 atom stereocenters. The van der Waals surface area contributed by atoms with Crippen molar-refractivity contribution < 1.29 is 9.53 Å². The minimum Gasteiger partial charge on any atom is -0.494 e. The molecule has 2 aromatic heterocycles. The fourth-order valence-corrected chi connectivity index (χ4v) is 3.62. The molecule has 0 saturated heterocycles. The number of fused-ring (bicyclic) bond motifs is 1. The van der Waals surface area contributed by atoms with Crippen LogP contribution in [0.15, 0.2) is 60.0 Å². The van der Waals surface area contributed by atoms with Crippen molar-refractivity contribution in [3.63, 3.8) is 0 Å². The van der Waals surface area contributed by atoms with E-state index in [2.05, 4.69) is 15.4 Å². The number of amides is 1. The molecule has 0 aliphatic heterocycles. The molecule has 0 spiro atoms. The van der Waals surface area contributed by atoms with Crippen LogP contribution >= 0.6 is 11.3 Å². The van der Waals surface area contributed by atoms with Gasteiger partial charge in [-0.15, -0.1) is 16.4 Å². The van der Waals surface area contributed by atoms with Crippen LogP contribution in [0, 0.1) is 6.92 Å². The Kier molecular flexibility index (Phi) is 5.34. The fourth-order valence-electron chi connectivity index (χ4n) is 2.79. The lowest BCUT2D eigenvalue weighted by molar-refractivity contribution is -0.116. The first kappa shape index (κ1) is 18.2. The maximum Gasteiger partial charge on any atom is 0.250 e. The summed E-state index contributed by atoms with van der Waals surface area (Å²) < 4.78 is 7.41. The molecule has 2 heterocycles. The highest BCUT2D eigenvalue weighted by atomic mass is 32.1. The summed E-state index contributed by atoms with van der Waals surface area (Å²) in [6.07, 6.45) is 0.974. The van der Waals surface area contributed by atoms with Crippen LogP contribution in [0.4, 0.5) is 5.95 Å². The Morgan fingerprint density at radius 2 is 1.93 bits per heavy atom. The number of nitrogens with one attached hydrogen (secondary N) is 1. The second kappa shape index (κ2) is 8.22. The number of nitrogens with zero attached hydrogens (tertiary/aromatic N) is 3. The first-order valence-electron chi connectivity index (χ1n) is 9.08. The van der Waals surface area contributed by atoms with Crippen LogP contribution in [-0.2, 0) is 4.79 Å². The summed E-state index contributed by atoms with van der Waals surface area (Å²) in [5, 5.41) is 9.21. The van der Waals surface area contributed by atoms with Gasteiger partial charge >= 0.3 is 0 Å². The van der Waals surface area contributed by atoms with E-state index in [-0.39, 0.29) is 5.91 Å². The first-order chi connectivity index (χ1) is 13.7. The third-order valence-corrected chi connectivity index (χ3v) is 5.06. The van der Waals surface area contributed by atoms with Gasteiger partial charge in [0, 0.05) is 17.4 Å². The van der Waals surface area contributed by atoms with E-state index in [0.29, 0.717) is 25.4 Å². The summed E-state index contributed by atoms with van der Waals surface area (Å²) in [5.41, 5.74) is 3.21. The zero-order valence-corrected chi connectivity index (χ0v) is 16.3. The molecule has 142 valence electrons. The molecule has 2 aromatic carbocycles. The number of anilines is 1. The molecule has 0 unspecified atom stereocenters. The van der Waals surface area contributed by atoms with Crippen LogP contribution in [0.2, 0.25) is 0 Å². The van der Waals surface area contributed by atoms with Crippen LogP contribution in [0.25, 0.3) is 16.2 Å². The summed E-state index contributed by atoms with van der Waals surface area (Å²) in [6.45, 7) is 2.52. The van der Waals surface area contributed by atoms with E-state index < -0.39 is 0 Å². The molecule has 6 nitrogen and oxygen atoms in total. The third-order valence-electron chi connectivity index (χ3n) is 4.24. The predicted molar refractivity (Wildman–Crippen MR) is 111 cm³/mol. The standard InChI is InChI=1S/C21H20N4O2S/c1-15-9-11-17(12-10-15)27-13-5-8-19(26)22-20-23-21-25(24-20)18(14-28-21)16-6-3-2-4-7-16/h2-4,6-7,9-12,14H,5,8,13H2,1H3,(H,22,24,26). The lowest BCUT2D eigenvalue weighted by Crippen LogP contribution is -2.14. The average Bonchev–Trinajstić information content (AvgIpc) is 3.27. The second-order valence-corrected chi connectivity index (χ2v) is 7.27. The molecule has 1 amide bonds. The first-order valence-corrected chi connectivity index (χ1v) is 9.96. The SMILES string of the molecule is Cc1ccc(OCCCC(=O)Nc2nc3scc(-c4ccccc4)n3n2)cc1. The molecule has 4 aromatic rings. The van der Waals surface area contributed by atoms with Gasteiger partial charge in [0.05, 0.1) is 12.3 Å². The molecule has 0 saturated carbocycles. The van der Waals surface area contributed by atoms with Crippen LogP contribution in [-0.4, -0.2) is 27.1 Å². The molecule has 0 aliphatic carbocycles. The Hall–Kier alpha value is -3.19. The third kappa shape index (κ3) is 4.20. The van der Waals surface area contributed by atoms with Crippen molar-refractivity contribution in [2.75, 3.05) is 11.9 Å².